The average Bonchev–Trinajstić information content (AvgIpc) is 3.26. The third kappa shape index (κ3) is 5.78. The second-order valence-electron chi connectivity index (χ2n) is 10.9. The maximum atomic E-state index is 13.8. The lowest BCUT2D eigenvalue weighted by Gasteiger charge is -2.25. The largest absolute Gasteiger partial charge is 0.349 e. The smallest absolute Gasteiger partial charge is 0.240 e. The molecule has 9 heteroatoms. The van der Waals surface area contributed by atoms with Crippen molar-refractivity contribution in [2.45, 2.75) is 44.9 Å². The van der Waals surface area contributed by atoms with Gasteiger partial charge in [0.2, 0.25) is 11.8 Å². The van der Waals surface area contributed by atoms with Crippen LogP contribution in [0, 0.1) is 6.92 Å². The SMILES string of the molecule is Cc1ccccc1-n1nc(C(C)(C)C)c2c1N(CC(=O)NCc1ccccn1)C(=O)CS[C@@H]2c1cccc(Cl)c1. The summed E-state index contributed by atoms with van der Waals surface area (Å²) in [5, 5.41) is 8.51. The van der Waals surface area contributed by atoms with E-state index in [1.807, 2.05) is 78.3 Å². The number of nitrogens with zero attached hydrogens (tertiary/aromatic N) is 4. The van der Waals surface area contributed by atoms with Crippen molar-refractivity contribution in [1.29, 1.82) is 0 Å². The molecule has 2 aromatic heterocycles. The zero-order valence-corrected chi connectivity index (χ0v) is 24.6. The minimum Gasteiger partial charge on any atom is -0.349 e. The number of para-hydroxylation sites is 1. The number of hydrogen-bond donors (Lipinski definition) is 1. The van der Waals surface area contributed by atoms with Crippen molar-refractivity contribution in [3.05, 3.63) is 106 Å². The van der Waals surface area contributed by atoms with Gasteiger partial charge in [0.05, 0.1) is 34.6 Å². The predicted octanol–water partition coefficient (Wildman–Crippen LogP) is 6.01. The van der Waals surface area contributed by atoms with Crippen LogP contribution in [-0.2, 0) is 21.5 Å². The number of carbonyl (C=O) groups excluding carboxylic acids is 2. The first-order valence-electron chi connectivity index (χ1n) is 13.2. The number of rotatable bonds is 6. The summed E-state index contributed by atoms with van der Waals surface area (Å²) in [5.41, 5.74) is 5.06. The first kappa shape index (κ1) is 27.9. The molecule has 5 rings (SSSR count). The molecule has 0 saturated heterocycles. The van der Waals surface area contributed by atoms with Gasteiger partial charge in [-0.1, -0.05) is 68.8 Å². The van der Waals surface area contributed by atoms with E-state index in [9.17, 15) is 9.59 Å². The van der Waals surface area contributed by atoms with Gasteiger partial charge in [0.15, 0.2) is 0 Å². The fourth-order valence-corrected chi connectivity index (χ4v) is 6.25. The van der Waals surface area contributed by atoms with Crippen LogP contribution >= 0.6 is 23.4 Å². The van der Waals surface area contributed by atoms with E-state index in [1.165, 1.54) is 11.8 Å². The number of aromatic nitrogens is 3. The molecule has 1 aliphatic heterocycles. The summed E-state index contributed by atoms with van der Waals surface area (Å²) < 4.78 is 1.85. The third-order valence-electron chi connectivity index (χ3n) is 6.79. The number of thioether (sulfide) groups is 1. The lowest BCUT2D eigenvalue weighted by atomic mass is 9.87. The molecule has 1 atom stereocenters. The van der Waals surface area contributed by atoms with Crippen molar-refractivity contribution in [2.24, 2.45) is 0 Å². The number of anilines is 1. The molecule has 2 aromatic carbocycles. The summed E-state index contributed by atoms with van der Waals surface area (Å²) in [4.78, 5) is 33.0. The van der Waals surface area contributed by atoms with Crippen LogP contribution in [0.1, 0.15) is 54.1 Å². The molecule has 206 valence electrons. The molecule has 3 heterocycles. The molecular weight excluding hydrogens is 542 g/mol. The Morgan fingerprint density at radius 1 is 1.10 bits per heavy atom. The maximum absolute atomic E-state index is 13.8. The zero-order chi connectivity index (χ0) is 28.4. The van der Waals surface area contributed by atoms with Crippen molar-refractivity contribution in [3.8, 4) is 5.69 Å². The minimum absolute atomic E-state index is 0.136. The van der Waals surface area contributed by atoms with Crippen LogP contribution in [0.25, 0.3) is 5.69 Å². The van der Waals surface area contributed by atoms with Crippen LogP contribution in [0.5, 0.6) is 0 Å². The highest BCUT2D eigenvalue weighted by atomic mass is 35.5. The molecule has 0 radical (unpaired) electrons. The Kier molecular flexibility index (Phi) is 8.01. The number of benzene rings is 2. The van der Waals surface area contributed by atoms with Crippen LogP contribution < -0.4 is 10.2 Å². The standard InChI is InChI=1S/C31H32ClN5O2S/c1-20-10-5-6-14-24(20)37-30-27(29(35-37)31(2,3)4)28(21-11-9-12-22(32)16-21)40-19-26(39)36(30)18-25(38)34-17-23-13-7-8-15-33-23/h5-16,28H,17-19H2,1-4H3,(H,34,38)/t28-/m1/s1. The lowest BCUT2D eigenvalue weighted by molar-refractivity contribution is -0.123. The highest BCUT2D eigenvalue weighted by molar-refractivity contribution is 8.00. The number of aryl methyl sites for hydroxylation is 1. The Balaban J connectivity index is 1.67. The Morgan fingerprint density at radius 2 is 1.88 bits per heavy atom. The van der Waals surface area contributed by atoms with Crippen LogP contribution in [0.4, 0.5) is 5.82 Å². The van der Waals surface area contributed by atoms with Gasteiger partial charge in [-0.15, -0.1) is 11.8 Å². The fourth-order valence-electron chi connectivity index (χ4n) is 4.87. The number of amides is 2. The molecule has 2 amide bonds. The number of fused-ring (bicyclic) bond motifs is 1. The van der Waals surface area contributed by atoms with E-state index in [2.05, 4.69) is 31.1 Å². The van der Waals surface area contributed by atoms with Crippen molar-refractivity contribution in [2.75, 3.05) is 17.2 Å². The third-order valence-corrected chi connectivity index (χ3v) is 8.28. The highest BCUT2D eigenvalue weighted by Gasteiger charge is 2.40. The summed E-state index contributed by atoms with van der Waals surface area (Å²) in [6, 6.07) is 21.3. The van der Waals surface area contributed by atoms with Gasteiger partial charge in [-0.2, -0.15) is 5.10 Å². The minimum atomic E-state index is -0.338. The van der Waals surface area contributed by atoms with E-state index in [0.29, 0.717) is 10.8 Å². The summed E-state index contributed by atoms with van der Waals surface area (Å²) in [5.74, 6) is 0.397. The van der Waals surface area contributed by atoms with Crippen molar-refractivity contribution < 1.29 is 9.59 Å². The van der Waals surface area contributed by atoms with Gasteiger partial charge in [0.25, 0.3) is 0 Å². The normalized spacial score (nSPS) is 15.5. The van der Waals surface area contributed by atoms with Gasteiger partial charge in [0, 0.05) is 22.2 Å². The van der Waals surface area contributed by atoms with Crippen molar-refractivity contribution in [3.63, 3.8) is 0 Å². The first-order valence-corrected chi connectivity index (χ1v) is 14.6. The van der Waals surface area contributed by atoms with E-state index < -0.39 is 0 Å². The summed E-state index contributed by atoms with van der Waals surface area (Å²) in [6.45, 7) is 8.52. The summed E-state index contributed by atoms with van der Waals surface area (Å²) in [6.07, 6.45) is 1.69. The van der Waals surface area contributed by atoms with E-state index >= 15 is 0 Å². The van der Waals surface area contributed by atoms with E-state index in [0.717, 1.165) is 33.8 Å². The van der Waals surface area contributed by atoms with Crippen LogP contribution in [-0.4, -0.2) is 38.9 Å². The molecule has 0 spiro atoms. The summed E-state index contributed by atoms with van der Waals surface area (Å²) >= 11 is 7.97. The molecule has 0 bridgehead atoms. The Morgan fingerprint density at radius 3 is 2.58 bits per heavy atom. The number of nitrogens with one attached hydrogen (secondary N) is 1. The number of halogens is 1. The quantitative estimate of drug-likeness (QED) is 0.305. The van der Waals surface area contributed by atoms with Gasteiger partial charge in [-0.05, 0) is 48.4 Å². The number of hydrogen-bond acceptors (Lipinski definition) is 5. The van der Waals surface area contributed by atoms with E-state index in [4.69, 9.17) is 16.7 Å². The molecule has 1 aliphatic rings. The molecule has 0 aliphatic carbocycles. The van der Waals surface area contributed by atoms with Gasteiger partial charge in [-0.25, -0.2) is 4.68 Å². The van der Waals surface area contributed by atoms with Gasteiger partial charge in [0.1, 0.15) is 12.4 Å². The molecular formula is C31H32ClN5O2S. The van der Waals surface area contributed by atoms with Crippen molar-refractivity contribution in [1.82, 2.24) is 20.1 Å². The second-order valence-corrected chi connectivity index (χ2v) is 12.4. The van der Waals surface area contributed by atoms with Crippen LogP contribution in [0.2, 0.25) is 5.02 Å². The Bertz CT molecular complexity index is 1550. The van der Waals surface area contributed by atoms with Gasteiger partial charge < -0.3 is 5.32 Å². The molecule has 7 nitrogen and oxygen atoms in total. The fraction of sp³-hybridized carbons (Fsp3) is 0.290. The zero-order valence-electron chi connectivity index (χ0n) is 23.0. The van der Waals surface area contributed by atoms with Crippen LogP contribution in [0.15, 0.2) is 72.9 Å². The van der Waals surface area contributed by atoms with Gasteiger partial charge >= 0.3 is 0 Å². The molecule has 0 unspecified atom stereocenters. The molecule has 0 saturated carbocycles. The monoisotopic (exact) mass is 573 g/mol. The molecule has 0 fully saturated rings. The first-order chi connectivity index (χ1) is 19.1. The number of carbonyl (C=O) groups is 2. The van der Waals surface area contributed by atoms with Crippen molar-refractivity contribution >= 4 is 41.0 Å². The van der Waals surface area contributed by atoms with Gasteiger partial charge in [-0.3, -0.25) is 19.5 Å². The topological polar surface area (TPSA) is 80.1 Å². The second kappa shape index (κ2) is 11.5. The maximum Gasteiger partial charge on any atom is 0.240 e. The molecule has 1 N–H and O–H groups in total. The van der Waals surface area contributed by atoms with E-state index in [-0.39, 0.29) is 41.3 Å². The predicted molar refractivity (Wildman–Crippen MR) is 161 cm³/mol. The highest BCUT2D eigenvalue weighted by Crippen LogP contribution is 2.48. The number of pyridine rings is 1. The Hall–Kier alpha value is -3.62. The molecule has 4 aromatic rings. The van der Waals surface area contributed by atoms with Crippen LogP contribution in [0.3, 0.4) is 0 Å². The average molecular weight is 574 g/mol. The summed E-state index contributed by atoms with van der Waals surface area (Å²) in [7, 11) is 0. The van der Waals surface area contributed by atoms with E-state index in [1.54, 1.807) is 11.1 Å². The molecule has 40 heavy (non-hydrogen) atoms. The lowest BCUT2D eigenvalue weighted by Crippen LogP contribution is -2.42. The Labute approximate surface area is 243 Å².